The zero-order valence-corrected chi connectivity index (χ0v) is 18.2. The molecule has 0 saturated carbocycles. The highest BCUT2D eigenvalue weighted by molar-refractivity contribution is 6.34. The van der Waals surface area contributed by atoms with Crippen molar-refractivity contribution in [1.82, 2.24) is 4.98 Å². The molecule has 154 valence electrons. The lowest BCUT2D eigenvalue weighted by molar-refractivity contribution is -0.118. The molecular formula is C25H25ClN2O2. The Morgan fingerprint density at radius 2 is 1.73 bits per heavy atom. The number of hydrogen-bond acceptors (Lipinski definition) is 3. The number of halogens is 1. The second-order valence-electron chi connectivity index (χ2n) is 7.22. The minimum atomic E-state index is 0.0184. The van der Waals surface area contributed by atoms with Gasteiger partial charge >= 0.3 is 0 Å². The average Bonchev–Trinajstić information content (AvgIpc) is 2.77. The first kappa shape index (κ1) is 21.7. The van der Waals surface area contributed by atoms with Gasteiger partial charge in [0.2, 0.25) is 5.91 Å². The van der Waals surface area contributed by atoms with Gasteiger partial charge in [-0.3, -0.25) is 14.6 Å². The number of Topliss-reactive ketones (excluding diaryl/α,β-unsaturated/α-hetero) is 1. The zero-order valence-electron chi connectivity index (χ0n) is 17.5. The van der Waals surface area contributed by atoms with Gasteiger partial charge in [-0.25, -0.2) is 0 Å². The van der Waals surface area contributed by atoms with E-state index in [1.54, 1.807) is 24.2 Å². The molecule has 3 rings (SSSR count). The van der Waals surface area contributed by atoms with Crippen LogP contribution in [0.25, 0.3) is 11.1 Å². The fraction of sp³-hybridized carbons (Fsp3) is 0.240. The Morgan fingerprint density at radius 3 is 2.37 bits per heavy atom. The van der Waals surface area contributed by atoms with E-state index in [9.17, 15) is 9.59 Å². The van der Waals surface area contributed by atoms with E-state index in [4.69, 9.17) is 11.6 Å². The number of benzene rings is 2. The van der Waals surface area contributed by atoms with Crippen molar-refractivity contribution in [2.45, 2.75) is 33.1 Å². The average molecular weight is 421 g/mol. The quantitative estimate of drug-likeness (QED) is 0.447. The first-order valence-corrected chi connectivity index (χ1v) is 10.4. The van der Waals surface area contributed by atoms with Gasteiger partial charge in [-0.2, -0.15) is 0 Å². The van der Waals surface area contributed by atoms with Crippen LogP contribution in [-0.4, -0.2) is 23.7 Å². The molecule has 0 spiro atoms. The van der Waals surface area contributed by atoms with E-state index in [0.717, 1.165) is 28.1 Å². The lowest BCUT2D eigenvalue weighted by Gasteiger charge is -2.17. The Labute approximate surface area is 182 Å². The molecule has 3 aromatic rings. The fourth-order valence-electron chi connectivity index (χ4n) is 3.34. The lowest BCUT2D eigenvalue weighted by Crippen LogP contribution is -2.24. The normalized spacial score (nSPS) is 10.7. The molecule has 0 fully saturated rings. The molecule has 2 aromatic carbocycles. The highest BCUT2D eigenvalue weighted by Gasteiger charge is 2.13. The topological polar surface area (TPSA) is 50.3 Å². The summed E-state index contributed by atoms with van der Waals surface area (Å²) in [6.07, 6.45) is 3.24. The summed E-state index contributed by atoms with van der Waals surface area (Å²) >= 11 is 6.44. The molecule has 0 unspecified atom stereocenters. The van der Waals surface area contributed by atoms with Crippen LogP contribution < -0.4 is 4.90 Å². The van der Waals surface area contributed by atoms with E-state index < -0.39 is 0 Å². The predicted octanol–water partition coefficient (Wildman–Crippen LogP) is 5.90. The first-order chi connectivity index (χ1) is 14.4. The van der Waals surface area contributed by atoms with E-state index in [0.29, 0.717) is 29.8 Å². The third-order valence-electron chi connectivity index (χ3n) is 5.27. The SMILES string of the molecule is CCC(=O)N(C)c1ccc(-c2ccc(C(=O)CCc3cccnc3C)c(Cl)c2)cc1. The molecule has 0 aliphatic carbocycles. The number of pyridine rings is 1. The van der Waals surface area contributed by atoms with Crippen LogP contribution in [0.4, 0.5) is 5.69 Å². The number of amides is 1. The first-order valence-electron chi connectivity index (χ1n) is 10.0. The third-order valence-corrected chi connectivity index (χ3v) is 5.58. The Balaban J connectivity index is 1.72. The van der Waals surface area contributed by atoms with Gasteiger partial charge in [0.15, 0.2) is 5.78 Å². The van der Waals surface area contributed by atoms with Crippen LogP contribution in [-0.2, 0) is 11.2 Å². The highest BCUT2D eigenvalue weighted by atomic mass is 35.5. The standard InChI is InChI=1S/C25H25ClN2O2/c1-4-25(30)28(3)21-11-7-19(8-12-21)20-9-13-22(23(26)16-20)24(29)14-10-18-6-5-15-27-17(18)2/h5-9,11-13,15-16H,4,10,14H2,1-3H3. The molecule has 1 heterocycles. The Bertz CT molecular complexity index is 1060. The molecule has 4 nitrogen and oxygen atoms in total. The number of rotatable bonds is 7. The van der Waals surface area contributed by atoms with Crippen LogP contribution in [0.5, 0.6) is 0 Å². The van der Waals surface area contributed by atoms with Crippen LogP contribution in [0.2, 0.25) is 5.02 Å². The summed E-state index contributed by atoms with van der Waals surface area (Å²) < 4.78 is 0. The maximum atomic E-state index is 12.7. The Kier molecular flexibility index (Phi) is 7.01. The summed E-state index contributed by atoms with van der Waals surface area (Å²) in [5, 5.41) is 0.447. The van der Waals surface area contributed by atoms with Crippen molar-refractivity contribution in [3.63, 3.8) is 0 Å². The molecule has 0 bridgehead atoms. The van der Waals surface area contributed by atoms with Gasteiger partial charge in [0.25, 0.3) is 0 Å². The highest BCUT2D eigenvalue weighted by Crippen LogP contribution is 2.28. The number of carbonyl (C=O) groups is 2. The van der Waals surface area contributed by atoms with Gasteiger partial charge in [0.1, 0.15) is 0 Å². The summed E-state index contributed by atoms with van der Waals surface area (Å²) in [6.45, 7) is 3.79. The number of nitrogens with zero attached hydrogens (tertiary/aromatic N) is 2. The summed E-state index contributed by atoms with van der Waals surface area (Å²) in [7, 11) is 1.77. The van der Waals surface area contributed by atoms with Crippen molar-refractivity contribution in [3.8, 4) is 11.1 Å². The molecule has 0 aliphatic rings. The minimum absolute atomic E-state index is 0.0184. The number of aromatic nitrogens is 1. The molecule has 1 amide bonds. The van der Waals surface area contributed by atoms with Crippen molar-refractivity contribution in [1.29, 1.82) is 0 Å². The van der Waals surface area contributed by atoms with Gasteiger partial charge in [-0.15, -0.1) is 0 Å². The number of hydrogen-bond donors (Lipinski definition) is 0. The van der Waals surface area contributed by atoms with Gasteiger partial charge < -0.3 is 4.90 Å². The fourth-order valence-corrected chi connectivity index (χ4v) is 3.63. The maximum absolute atomic E-state index is 12.7. The predicted molar refractivity (Wildman–Crippen MR) is 122 cm³/mol. The smallest absolute Gasteiger partial charge is 0.226 e. The van der Waals surface area contributed by atoms with Crippen LogP contribution in [0.3, 0.4) is 0 Å². The molecular weight excluding hydrogens is 396 g/mol. The summed E-state index contributed by atoms with van der Waals surface area (Å²) in [5.74, 6) is 0.0833. The van der Waals surface area contributed by atoms with Crippen LogP contribution in [0.15, 0.2) is 60.8 Å². The Morgan fingerprint density at radius 1 is 1.03 bits per heavy atom. The second kappa shape index (κ2) is 9.68. The van der Waals surface area contributed by atoms with E-state index in [1.807, 2.05) is 62.4 Å². The number of aryl methyl sites for hydroxylation is 2. The van der Waals surface area contributed by atoms with E-state index in [2.05, 4.69) is 4.98 Å². The second-order valence-corrected chi connectivity index (χ2v) is 7.63. The molecule has 0 radical (unpaired) electrons. The van der Waals surface area contributed by atoms with Gasteiger partial charge in [0.05, 0.1) is 5.02 Å². The van der Waals surface area contributed by atoms with Crippen molar-refractivity contribution in [2.75, 3.05) is 11.9 Å². The van der Waals surface area contributed by atoms with E-state index >= 15 is 0 Å². The molecule has 1 aromatic heterocycles. The maximum Gasteiger partial charge on any atom is 0.226 e. The monoisotopic (exact) mass is 420 g/mol. The number of ketones is 1. The third kappa shape index (κ3) is 4.95. The van der Waals surface area contributed by atoms with Gasteiger partial charge in [-0.05, 0) is 60.4 Å². The lowest BCUT2D eigenvalue weighted by atomic mass is 9.99. The van der Waals surface area contributed by atoms with Crippen molar-refractivity contribution in [3.05, 3.63) is 82.6 Å². The largest absolute Gasteiger partial charge is 0.316 e. The molecule has 0 aliphatic heterocycles. The zero-order chi connectivity index (χ0) is 21.7. The van der Waals surface area contributed by atoms with E-state index in [-0.39, 0.29) is 11.7 Å². The van der Waals surface area contributed by atoms with Crippen molar-refractivity contribution < 1.29 is 9.59 Å². The minimum Gasteiger partial charge on any atom is -0.316 e. The van der Waals surface area contributed by atoms with Crippen molar-refractivity contribution >= 4 is 29.0 Å². The summed E-state index contributed by atoms with van der Waals surface area (Å²) in [5.41, 5.74) is 5.30. The summed E-state index contributed by atoms with van der Waals surface area (Å²) in [4.78, 5) is 30.4. The van der Waals surface area contributed by atoms with Gasteiger partial charge in [0, 0.05) is 43.0 Å². The van der Waals surface area contributed by atoms with Crippen LogP contribution >= 0.6 is 11.6 Å². The van der Waals surface area contributed by atoms with Crippen LogP contribution in [0.1, 0.15) is 41.4 Å². The number of anilines is 1. The summed E-state index contributed by atoms with van der Waals surface area (Å²) in [6, 6.07) is 17.1. The van der Waals surface area contributed by atoms with E-state index in [1.165, 1.54) is 0 Å². The molecule has 5 heteroatoms. The Hall–Kier alpha value is -2.98. The van der Waals surface area contributed by atoms with Gasteiger partial charge in [-0.1, -0.05) is 42.8 Å². The molecule has 30 heavy (non-hydrogen) atoms. The number of carbonyl (C=O) groups excluding carboxylic acids is 2. The molecule has 0 N–H and O–H groups in total. The molecule has 0 atom stereocenters. The van der Waals surface area contributed by atoms with Crippen LogP contribution in [0, 0.1) is 6.92 Å². The van der Waals surface area contributed by atoms with Crippen molar-refractivity contribution in [2.24, 2.45) is 0 Å². The molecule has 0 saturated heterocycles.